The molecular formula is C20H21N3O4S. The lowest BCUT2D eigenvalue weighted by atomic mass is 10.1. The minimum Gasteiger partial charge on any atom is -0.497 e. The highest BCUT2D eigenvalue weighted by molar-refractivity contribution is 7.89. The number of aromatic nitrogens is 1. The maximum atomic E-state index is 13.1. The fourth-order valence-electron chi connectivity index (χ4n) is 3.56. The van der Waals surface area contributed by atoms with Gasteiger partial charge in [-0.25, -0.2) is 8.42 Å². The molecule has 7 nitrogen and oxygen atoms in total. The molecule has 2 heterocycles. The van der Waals surface area contributed by atoms with E-state index < -0.39 is 10.0 Å². The zero-order valence-electron chi connectivity index (χ0n) is 15.7. The summed E-state index contributed by atoms with van der Waals surface area (Å²) in [6, 6.07) is 12.0. The second-order valence-corrected chi connectivity index (χ2v) is 8.73. The molecule has 0 unspecified atom stereocenters. The molecule has 2 N–H and O–H groups in total. The van der Waals surface area contributed by atoms with Crippen molar-refractivity contribution in [2.45, 2.75) is 24.8 Å². The number of sulfonamides is 1. The Morgan fingerprint density at radius 3 is 2.61 bits per heavy atom. The van der Waals surface area contributed by atoms with E-state index in [0.717, 1.165) is 27.9 Å². The van der Waals surface area contributed by atoms with Crippen molar-refractivity contribution < 1.29 is 17.9 Å². The van der Waals surface area contributed by atoms with E-state index in [2.05, 4.69) is 10.3 Å². The number of carbonyl (C=O) groups excluding carboxylic acids is 1. The Morgan fingerprint density at radius 2 is 1.93 bits per heavy atom. The van der Waals surface area contributed by atoms with Gasteiger partial charge in [0, 0.05) is 48.7 Å². The number of rotatable bonds is 4. The molecule has 1 aliphatic heterocycles. The molecule has 146 valence electrons. The van der Waals surface area contributed by atoms with Gasteiger partial charge in [-0.05, 0) is 48.0 Å². The number of carbonyl (C=O) groups is 1. The summed E-state index contributed by atoms with van der Waals surface area (Å²) in [5.74, 6) is 0.539. The quantitative estimate of drug-likeness (QED) is 0.706. The zero-order valence-corrected chi connectivity index (χ0v) is 16.5. The number of H-pyrrole nitrogens is 1. The van der Waals surface area contributed by atoms with E-state index in [1.54, 1.807) is 19.2 Å². The summed E-state index contributed by atoms with van der Waals surface area (Å²) >= 11 is 0. The number of hydrogen-bond donors (Lipinski definition) is 2. The van der Waals surface area contributed by atoms with Crippen LogP contribution in [0.15, 0.2) is 47.4 Å². The summed E-state index contributed by atoms with van der Waals surface area (Å²) < 4.78 is 33.0. The van der Waals surface area contributed by atoms with Crippen molar-refractivity contribution >= 4 is 32.5 Å². The third-order valence-corrected chi connectivity index (χ3v) is 6.82. The molecule has 2 aromatic carbocycles. The summed E-state index contributed by atoms with van der Waals surface area (Å²) in [6.07, 6.45) is 0.621. The molecule has 0 radical (unpaired) electrons. The predicted octanol–water partition coefficient (Wildman–Crippen LogP) is 2.88. The van der Waals surface area contributed by atoms with Crippen LogP contribution in [0, 0.1) is 0 Å². The number of benzene rings is 2. The predicted molar refractivity (Wildman–Crippen MR) is 107 cm³/mol. The van der Waals surface area contributed by atoms with Gasteiger partial charge in [-0.1, -0.05) is 0 Å². The second-order valence-electron chi connectivity index (χ2n) is 6.79. The van der Waals surface area contributed by atoms with Crippen LogP contribution < -0.4 is 10.1 Å². The normalized spacial score (nSPS) is 14.6. The van der Waals surface area contributed by atoms with Gasteiger partial charge in [-0.2, -0.15) is 4.31 Å². The van der Waals surface area contributed by atoms with E-state index in [0.29, 0.717) is 25.2 Å². The van der Waals surface area contributed by atoms with Crippen molar-refractivity contribution in [3.8, 4) is 5.75 Å². The number of fused-ring (bicyclic) bond motifs is 3. The third kappa shape index (κ3) is 3.25. The average molecular weight is 399 g/mol. The van der Waals surface area contributed by atoms with Crippen molar-refractivity contribution in [2.24, 2.45) is 0 Å². The minimum absolute atomic E-state index is 0.200. The van der Waals surface area contributed by atoms with E-state index in [-0.39, 0.29) is 10.8 Å². The maximum Gasteiger partial charge on any atom is 0.243 e. The van der Waals surface area contributed by atoms with E-state index in [1.807, 2.05) is 18.2 Å². The number of hydrogen-bond acceptors (Lipinski definition) is 4. The van der Waals surface area contributed by atoms with Gasteiger partial charge in [0.25, 0.3) is 0 Å². The van der Waals surface area contributed by atoms with Crippen LogP contribution in [-0.2, 0) is 27.8 Å². The topological polar surface area (TPSA) is 91.5 Å². The number of amides is 1. The van der Waals surface area contributed by atoms with Gasteiger partial charge in [-0.3, -0.25) is 4.79 Å². The molecule has 0 saturated carbocycles. The van der Waals surface area contributed by atoms with Gasteiger partial charge in [0.05, 0.1) is 12.0 Å². The van der Waals surface area contributed by atoms with E-state index in [4.69, 9.17) is 4.74 Å². The van der Waals surface area contributed by atoms with Crippen LogP contribution in [0.5, 0.6) is 5.75 Å². The summed E-state index contributed by atoms with van der Waals surface area (Å²) in [4.78, 5) is 14.7. The Bertz CT molecular complexity index is 1150. The molecule has 4 rings (SSSR count). The molecule has 0 bridgehead atoms. The van der Waals surface area contributed by atoms with Gasteiger partial charge < -0.3 is 15.0 Å². The van der Waals surface area contributed by atoms with Crippen molar-refractivity contribution in [1.82, 2.24) is 9.29 Å². The molecule has 0 saturated heterocycles. The summed E-state index contributed by atoms with van der Waals surface area (Å²) in [5, 5.41) is 3.62. The SMILES string of the molecule is COc1ccc2[nH]c3c(c2c1)CN(S(=O)(=O)c1ccc(NC(C)=O)cc1)CC3. The summed E-state index contributed by atoms with van der Waals surface area (Å²) in [6.45, 7) is 2.12. The van der Waals surface area contributed by atoms with Gasteiger partial charge in [0.15, 0.2) is 0 Å². The largest absolute Gasteiger partial charge is 0.497 e. The van der Waals surface area contributed by atoms with E-state index in [9.17, 15) is 13.2 Å². The molecular weight excluding hydrogens is 378 g/mol. The molecule has 0 aliphatic carbocycles. The lowest BCUT2D eigenvalue weighted by Crippen LogP contribution is -2.35. The first-order valence-corrected chi connectivity index (χ1v) is 10.4. The molecule has 0 spiro atoms. The van der Waals surface area contributed by atoms with Crippen molar-refractivity contribution in [3.05, 3.63) is 53.7 Å². The van der Waals surface area contributed by atoms with Crippen LogP contribution >= 0.6 is 0 Å². The summed E-state index contributed by atoms with van der Waals surface area (Å²) in [7, 11) is -2.02. The van der Waals surface area contributed by atoms with Crippen LogP contribution in [0.25, 0.3) is 10.9 Å². The second kappa shape index (κ2) is 6.96. The smallest absolute Gasteiger partial charge is 0.243 e. The average Bonchev–Trinajstić information content (AvgIpc) is 3.05. The number of aromatic amines is 1. The number of nitrogens with one attached hydrogen (secondary N) is 2. The van der Waals surface area contributed by atoms with Crippen LogP contribution in [0.1, 0.15) is 18.2 Å². The van der Waals surface area contributed by atoms with Crippen LogP contribution in [0.2, 0.25) is 0 Å². The minimum atomic E-state index is -3.64. The molecule has 1 aliphatic rings. The standard InChI is InChI=1S/C20H21N3O4S/c1-13(24)21-14-3-6-16(7-4-14)28(25,26)23-10-9-20-18(12-23)17-11-15(27-2)5-8-19(17)22-20/h3-8,11,22H,9-10,12H2,1-2H3,(H,21,24). The Morgan fingerprint density at radius 1 is 1.18 bits per heavy atom. The van der Waals surface area contributed by atoms with Gasteiger partial charge in [0.1, 0.15) is 5.75 Å². The molecule has 8 heteroatoms. The lowest BCUT2D eigenvalue weighted by molar-refractivity contribution is -0.114. The van der Waals surface area contributed by atoms with Crippen molar-refractivity contribution in [2.75, 3.05) is 19.0 Å². The first-order valence-electron chi connectivity index (χ1n) is 8.94. The fourth-order valence-corrected chi connectivity index (χ4v) is 4.97. The highest BCUT2D eigenvalue weighted by atomic mass is 32.2. The maximum absolute atomic E-state index is 13.1. The first kappa shape index (κ1) is 18.5. The van der Waals surface area contributed by atoms with Crippen LogP contribution in [0.4, 0.5) is 5.69 Å². The van der Waals surface area contributed by atoms with Crippen molar-refractivity contribution in [1.29, 1.82) is 0 Å². The van der Waals surface area contributed by atoms with Crippen LogP contribution in [-0.4, -0.2) is 37.3 Å². The Labute approximate surface area is 163 Å². The van der Waals surface area contributed by atoms with Gasteiger partial charge in [0.2, 0.25) is 15.9 Å². The van der Waals surface area contributed by atoms with Crippen molar-refractivity contribution in [3.63, 3.8) is 0 Å². The molecule has 0 atom stereocenters. The highest BCUT2D eigenvalue weighted by Crippen LogP contribution is 2.32. The van der Waals surface area contributed by atoms with Crippen LogP contribution in [0.3, 0.4) is 0 Å². The number of methoxy groups -OCH3 is 1. The number of anilines is 1. The molecule has 1 amide bonds. The molecule has 1 aromatic heterocycles. The molecule has 3 aromatic rings. The Balaban J connectivity index is 1.65. The third-order valence-electron chi connectivity index (χ3n) is 4.96. The number of nitrogens with zero attached hydrogens (tertiary/aromatic N) is 1. The first-order chi connectivity index (χ1) is 13.4. The Kier molecular flexibility index (Phi) is 4.60. The monoisotopic (exact) mass is 399 g/mol. The molecule has 0 fully saturated rings. The van der Waals surface area contributed by atoms with E-state index in [1.165, 1.54) is 23.4 Å². The Hall–Kier alpha value is -2.84. The summed E-state index contributed by atoms with van der Waals surface area (Å²) in [5.41, 5.74) is 3.59. The number of ether oxygens (including phenoxy) is 1. The fraction of sp³-hybridized carbons (Fsp3) is 0.250. The van der Waals surface area contributed by atoms with E-state index >= 15 is 0 Å². The van der Waals surface area contributed by atoms with Gasteiger partial charge >= 0.3 is 0 Å². The zero-order chi connectivity index (χ0) is 19.9. The highest BCUT2D eigenvalue weighted by Gasteiger charge is 2.30. The lowest BCUT2D eigenvalue weighted by Gasteiger charge is -2.26. The molecule has 28 heavy (non-hydrogen) atoms. The van der Waals surface area contributed by atoms with Gasteiger partial charge in [-0.15, -0.1) is 0 Å².